The molecule has 1 saturated carbocycles. The van der Waals surface area contributed by atoms with Gasteiger partial charge in [0.15, 0.2) is 6.10 Å². The van der Waals surface area contributed by atoms with Crippen LogP contribution in [0.5, 0.6) is 5.75 Å². The number of benzene rings is 1. The molecule has 1 N–H and O–H groups in total. The van der Waals surface area contributed by atoms with E-state index in [-0.39, 0.29) is 11.6 Å². The number of carbonyl (C=O) groups excluding carboxylic acids is 1. The average Bonchev–Trinajstić information content (AvgIpc) is 3.13. The zero-order valence-corrected chi connectivity index (χ0v) is 9.96. The van der Waals surface area contributed by atoms with Crippen LogP contribution in [0.1, 0.15) is 19.8 Å². The van der Waals surface area contributed by atoms with E-state index in [9.17, 15) is 14.9 Å². The Labute approximate surface area is 104 Å². The van der Waals surface area contributed by atoms with Crippen LogP contribution in [-0.2, 0) is 4.79 Å². The van der Waals surface area contributed by atoms with Gasteiger partial charge in [0, 0.05) is 18.2 Å². The van der Waals surface area contributed by atoms with Gasteiger partial charge in [0.2, 0.25) is 0 Å². The number of nitro benzene ring substituents is 1. The lowest BCUT2D eigenvalue weighted by Gasteiger charge is -2.14. The molecule has 0 aliphatic heterocycles. The standard InChI is InChI=1S/C12H14N2O4/c1-8(12(15)13-9-2-3-9)18-11-6-4-10(5-7-11)14(16)17/h4-9H,2-3H2,1H3,(H,13,15)/t8-/m1/s1. The lowest BCUT2D eigenvalue weighted by molar-refractivity contribution is -0.384. The molecule has 1 aromatic rings. The first kappa shape index (κ1) is 12.3. The predicted octanol–water partition coefficient (Wildman–Crippen LogP) is 1.64. The second kappa shape index (κ2) is 5.03. The molecule has 0 aromatic heterocycles. The van der Waals surface area contributed by atoms with Crippen molar-refractivity contribution in [3.05, 3.63) is 34.4 Å². The molecule has 96 valence electrons. The monoisotopic (exact) mass is 250 g/mol. The van der Waals surface area contributed by atoms with Gasteiger partial charge in [0.05, 0.1) is 4.92 Å². The van der Waals surface area contributed by atoms with E-state index in [0.29, 0.717) is 11.8 Å². The Morgan fingerprint density at radius 1 is 1.44 bits per heavy atom. The van der Waals surface area contributed by atoms with Crippen LogP contribution in [0.4, 0.5) is 5.69 Å². The fourth-order valence-electron chi connectivity index (χ4n) is 1.45. The van der Waals surface area contributed by atoms with Crippen LogP contribution in [-0.4, -0.2) is 23.0 Å². The lowest BCUT2D eigenvalue weighted by atomic mass is 10.3. The Hall–Kier alpha value is -2.11. The molecule has 0 spiro atoms. The number of ether oxygens (including phenoxy) is 1. The molecule has 1 aliphatic rings. The first-order valence-electron chi connectivity index (χ1n) is 5.78. The highest BCUT2D eigenvalue weighted by molar-refractivity contribution is 5.81. The predicted molar refractivity (Wildman–Crippen MR) is 64.4 cm³/mol. The zero-order chi connectivity index (χ0) is 13.1. The third-order valence-electron chi connectivity index (χ3n) is 2.65. The molecule has 1 aliphatic carbocycles. The summed E-state index contributed by atoms with van der Waals surface area (Å²) in [5, 5.41) is 13.3. The number of nitrogens with one attached hydrogen (secondary N) is 1. The number of nitrogens with zero attached hydrogens (tertiary/aromatic N) is 1. The van der Waals surface area contributed by atoms with Crippen LogP contribution in [0, 0.1) is 10.1 Å². The minimum absolute atomic E-state index is 0.00237. The van der Waals surface area contributed by atoms with Gasteiger partial charge in [0.1, 0.15) is 5.75 Å². The van der Waals surface area contributed by atoms with E-state index in [2.05, 4.69) is 5.32 Å². The molecule has 1 aromatic carbocycles. The second-order valence-corrected chi connectivity index (χ2v) is 4.29. The summed E-state index contributed by atoms with van der Waals surface area (Å²) in [7, 11) is 0. The fraction of sp³-hybridized carbons (Fsp3) is 0.417. The lowest BCUT2D eigenvalue weighted by Crippen LogP contribution is -2.37. The summed E-state index contributed by atoms with van der Waals surface area (Å²) in [6, 6.07) is 5.96. The molecule has 0 heterocycles. The molecule has 18 heavy (non-hydrogen) atoms. The Morgan fingerprint density at radius 2 is 2.06 bits per heavy atom. The van der Waals surface area contributed by atoms with Crippen molar-refractivity contribution in [1.29, 1.82) is 0 Å². The highest BCUT2D eigenvalue weighted by atomic mass is 16.6. The van der Waals surface area contributed by atoms with Crippen molar-refractivity contribution in [2.24, 2.45) is 0 Å². The van der Waals surface area contributed by atoms with Crippen molar-refractivity contribution in [3.63, 3.8) is 0 Å². The van der Waals surface area contributed by atoms with Crippen molar-refractivity contribution in [2.45, 2.75) is 31.9 Å². The van der Waals surface area contributed by atoms with Crippen molar-refractivity contribution in [3.8, 4) is 5.75 Å². The molecule has 6 nitrogen and oxygen atoms in total. The summed E-state index contributed by atoms with van der Waals surface area (Å²) >= 11 is 0. The number of non-ortho nitro benzene ring substituents is 1. The Kier molecular flexibility index (Phi) is 3.45. The van der Waals surface area contributed by atoms with Gasteiger partial charge in [-0.15, -0.1) is 0 Å². The Bertz CT molecular complexity index is 454. The molecule has 6 heteroatoms. The first-order chi connectivity index (χ1) is 8.56. The van der Waals surface area contributed by atoms with Crippen LogP contribution < -0.4 is 10.1 Å². The zero-order valence-electron chi connectivity index (χ0n) is 9.96. The van der Waals surface area contributed by atoms with Gasteiger partial charge < -0.3 is 10.1 Å². The summed E-state index contributed by atoms with van der Waals surface area (Å²) in [5.74, 6) is 0.287. The molecule has 1 fully saturated rings. The van der Waals surface area contributed by atoms with Gasteiger partial charge in [-0.1, -0.05) is 0 Å². The van der Waals surface area contributed by atoms with Crippen molar-refractivity contribution in [1.82, 2.24) is 5.32 Å². The summed E-state index contributed by atoms with van der Waals surface area (Å²) in [6.45, 7) is 1.65. The van der Waals surface area contributed by atoms with E-state index < -0.39 is 11.0 Å². The quantitative estimate of drug-likeness (QED) is 0.636. The first-order valence-corrected chi connectivity index (χ1v) is 5.78. The van der Waals surface area contributed by atoms with Crippen molar-refractivity contribution >= 4 is 11.6 Å². The highest BCUT2D eigenvalue weighted by Crippen LogP contribution is 2.20. The number of carbonyl (C=O) groups is 1. The van der Waals surface area contributed by atoms with Gasteiger partial charge in [-0.25, -0.2) is 0 Å². The maximum Gasteiger partial charge on any atom is 0.269 e. The van der Waals surface area contributed by atoms with Crippen LogP contribution in [0.2, 0.25) is 0 Å². The van der Waals surface area contributed by atoms with E-state index in [1.165, 1.54) is 24.3 Å². The minimum Gasteiger partial charge on any atom is -0.481 e. The molecule has 2 rings (SSSR count). The number of nitro groups is 1. The normalized spacial score (nSPS) is 15.8. The van der Waals surface area contributed by atoms with Gasteiger partial charge in [-0.2, -0.15) is 0 Å². The molecular weight excluding hydrogens is 236 g/mol. The number of amides is 1. The molecule has 0 unspecified atom stereocenters. The summed E-state index contributed by atoms with van der Waals surface area (Å²) in [6.07, 6.45) is 1.44. The van der Waals surface area contributed by atoms with Gasteiger partial charge in [-0.3, -0.25) is 14.9 Å². The fourth-order valence-corrected chi connectivity index (χ4v) is 1.45. The van der Waals surface area contributed by atoms with Crippen LogP contribution >= 0.6 is 0 Å². The summed E-state index contributed by atoms with van der Waals surface area (Å²) < 4.78 is 5.40. The van der Waals surface area contributed by atoms with Gasteiger partial charge in [0.25, 0.3) is 11.6 Å². The molecule has 1 atom stereocenters. The molecule has 0 radical (unpaired) electrons. The molecule has 0 saturated heterocycles. The summed E-state index contributed by atoms with van der Waals surface area (Å²) in [4.78, 5) is 21.6. The van der Waals surface area contributed by atoms with Crippen LogP contribution in [0.3, 0.4) is 0 Å². The smallest absolute Gasteiger partial charge is 0.269 e. The molecule has 0 bridgehead atoms. The van der Waals surface area contributed by atoms with Crippen LogP contribution in [0.25, 0.3) is 0 Å². The van der Waals surface area contributed by atoms with Crippen molar-refractivity contribution in [2.75, 3.05) is 0 Å². The largest absolute Gasteiger partial charge is 0.481 e. The number of rotatable bonds is 5. The minimum atomic E-state index is -0.605. The Morgan fingerprint density at radius 3 is 2.56 bits per heavy atom. The van der Waals surface area contributed by atoms with Crippen molar-refractivity contribution < 1.29 is 14.5 Å². The highest BCUT2D eigenvalue weighted by Gasteiger charge is 2.26. The van der Waals surface area contributed by atoms with Gasteiger partial charge >= 0.3 is 0 Å². The summed E-state index contributed by atoms with van der Waals surface area (Å²) in [5.41, 5.74) is -0.00237. The van der Waals surface area contributed by atoms with E-state index in [1.54, 1.807) is 6.92 Å². The SMILES string of the molecule is C[C@@H](Oc1ccc([N+](=O)[O-])cc1)C(=O)NC1CC1. The topological polar surface area (TPSA) is 81.5 Å². The second-order valence-electron chi connectivity index (χ2n) is 4.29. The molecule has 1 amide bonds. The number of hydrogen-bond donors (Lipinski definition) is 1. The average molecular weight is 250 g/mol. The third-order valence-corrected chi connectivity index (χ3v) is 2.65. The third kappa shape index (κ3) is 3.19. The van der Waals surface area contributed by atoms with E-state index in [0.717, 1.165) is 12.8 Å². The van der Waals surface area contributed by atoms with E-state index >= 15 is 0 Å². The maximum atomic E-state index is 11.6. The Balaban J connectivity index is 1.91. The maximum absolute atomic E-state index is 11.6. The van der Waals surface area contributed by atoms with E-state index in [1.807, 2.05) is 0 Å². The van der Waals surface area contributed by atoms with E-state index in [4.69, 9.17) is 4.74 Å². The van der Waals surface area contributed by atoms with Crippen LogP contribution in [0.15, 0.2) is 24.3 Å². The number of hydrogen-bond acceptors (Lipinski definition) is 4. The molecular formula is C12H14N2O4. The van der Waals surface area contributed by atoms with Gasteiger partial charge in [-0.05, 0) is 31.9 Å².